The van der Waals surface area contributed by atoms with Gasteiger partial charge in [-0.2, -0.15) is 8.78 Å². The molecule has 1 aromatic carbocycles. The summed E-state index contributed by atoms with van der Waals surface area (Å²) in [5.74, 6) is 0.655. The number of hydrogen-bond donors (Lipinski definition) is 1. The summed E-state index contributed by atoms with van der Waals surface area (Å²) in [7, 11) is 1.36. The third-order valence-electron chi connectivity index (χ3n) is 3.99. The number of carbonyl (C=O) groups excluding carboxylic acids is 1. The molecule has 1 N–H and O–H groups in total. The van der Waals surface area contributed by atoms with E-state index in [2.05, 4.69) is 19.9 Å². The summed E-state index contributed by atoms with van der Waals surface area (Å²) in [5.41, 5.74) is 1.13. The second kappa shape index (κ2) is 9.70. The third kappa shape index (κ3) is 5.54. The molecule has 1 amide bonds. The van der Waals surface area contributed by atoms with Crippen LogP contribution in [0.2, 0.25) is 0 Å². The lowest BCUT2D eigenvalue weighted by molar-refractivity contribution is -0.0512. The molecule has 1 aromatic heterocycles. The first-order chi connectivity index (χ1) is 13.0. The van der Waals surface area contributed by atoms with E-state index in [-0.39, 0.29) is 24.0 Å². The zero-order chi connectivity index (χ0) is 19.8. The minimum absolute atomic E-state index is 0.0567. The van der Waals surface area contributed by atoms with Gasteiger partial charge in [0, 0.05) is 25.8 Å². The Morgan fingerprint density at radius 2 is 1.93 bits per heavy atom. The summed E-state index contributed by atoms with van der Waals surface area (Å²) >= 11 is 0. The van der Waals surface area contributed by atoms with Gasteiger partial charge in [-0.15, -0.1) is 0 Å². The van der Waals surface area contributed by atoms with Crippen molar-refractivity contribution in [2.75, 3.05) is 25.1 Å². The van der Waals surface area contributed by atoms with Crippen molar-refractivity contribution in [3.05, 3.63) is 47.7 Å². The quantitative estimate of drug-likeness (QED) is 0.723. The van der Waals surface area contributed by atoms with Crippen LogP contribution in [0.25, 0.3) is 0 Å². The highest BCUT2D eigenvalue weighted by molar-refractivity contribution is 5.94. The van der Waals surface area contributed by atoms with Gasteiger partial charge < -0.3 is 19.7 Å². The molecule has 0 aliphatic heterocycles. The van der Waals surface area contributed by atoms with Crippen molar-refractivity contribution in [3.63, 3.8) is 0 Å². The molecule has 0 saturated carbocycles. The Morgan fingerprint density at radius 3 is 2.48 bits per heavy atom. The molecule has 8 heteroatoms. The molecule has 0 bridgehead atoms. The Kier molecular flexibility index (Phi) is 7.34. The van der Waals surface area contributed by atoms with E-state index in [1.807, 2.05) is 13.8 Å². The van der Waals surface area contributed by atoms with Crippen LogP contribution in [-0.4, -0.2) is 37.7 Å². The molecule has 6 nitrogen and oxygen atoms in total. The molecule has 0 radical (unpaired) electrons. The number of halogens is 2. The van der Waals surface area contributed by atoms with E-state index in [4.69, 9.17) is 4.74 Å². The lowest BCUT2D eigenvalue weighted by Crippen LogP contribution is -2.25. The summed E-state index contributed by atoms with van der Waals surface area (Å²) in [4.78, 5) is 18.7. The van der Waals surface area contributed by atoms with E-state index in [0.29, 0.717) is 11.1 Å². The van der Waals surface area contributed by atoms with Gasteiger partial charge in [-0.25, -0.2) is 4.98 Å². The van der Waals surface area contributed by atoms with E-state index < -0.39 is 6.61 Å². The van der Waals surface area contributed by atoms with Crippen LogP contribution >= 0.6 is 0 Å². The standard InChI is InChI=1S/C19H23F2N3O3/c1-4-24(5-2)17-9-7-14(12-22-17)18(25)23-11-13-6-8-15(27-19(20)21)16(10-13)26-3/h6-10,12,19H,4-5,11H2,1-3H3,(H,23,25). The molecule has 0 unspecified atom stereocenters. The molecule has 1 heterocycles. The number of carbonyl (C=O) groups is 1. The fourth-order valence-corrected chi connectivity index (χ4v) is 2.55. The predicted molar refractivity (Wildman–Crippen MR) is 98.6 cm³/mol. The molecular weight excluding hydrogens is 356 g/mol. The van der Waals surface area contributed by atoms with Gasteiger partial charge in [-0.1, -0.05) is 6.07 Å². The summed E-state index contributed by atoms with van der Waals surface area (Å²) in [6.45, 7) is 3.03. The fraction of sp³-hybridized carbons (Fsp3) is 0.368. The molecule has 146 valence electrons. The van der Waals surface area contributed by atoms with Crippen LogP contribution in [0.15, 0.2) is 36.5 Å². The first kappa shape index (κ1) is 20.4. The largest absolute Gasteiger partial charge is 0.493 e. The van der Waals surface area contributed by atoms with Crippen molar-refractivity contribution in [2.24, 2.45) is 0 Å². The smallest absolute Gasteiger partial charge is 0.387 e. The molecule has 0 fully saturated rings. The van der Waals surface area contributed by atoms with E-state index in [1.54, 1.807) is 24.3 Å². The maximum atomic E-state index is 12.4. The second-order valence-electron chi connectivity index (χ2n) is 5.62. The van der Waals surface area contributed by atoms with Crippen molar-refractivity contribution >= 4 is 11.7 Å². The van der Waals surface area contributed by atoms with Gasteiger partial charge in [0.1, 0.15) is 5.82 Å². The number of alkyl halides is 2. The van der Waals surface area contributed by atoms with E-state index in [0.717, 1.165) is 18.9 Å². The van der Waals surface area contributed by atoms with E-state index in [9.17, 15) is 13.6 Å². The van der Waals surface area contributed by atoms with Crippen LogP contribution in [-0.2, 0) is 6.54 Å². The van der Waals surface area contributed by atoms with Gasteiger partial charge in [-0.05, 0) is 43.7 Å². The fourth-order valence-electron chi connectivity index (χ4n) is 2.55. The molecule has 0 aliphatic rings. The number of anilines is 1. The SMILES string of the molecule is CCN(CC)c1ccc(C(=O)NCc2ccc(OC(F)F)c(OC)c2)cn1. The van der Waals surface area contributed by atoms with Crippen LogP contribution in [0.3, 0.4) is 0 Å². The summed E-state index contributed by atoms with van der Waals surface area (Å²) in [6.07, 6.45) is 1.53. The first-order valence-corrected chi connectivity index (χ1v) is 8.59. The highest BCUT2D eigenvalue weighted by Gasteiger charge is 2.12. The van der Waals surface area contributed by atoms with Gasteiger partial charge in [0.05, 0.1) is 12.7 Å². The van der Waals surface area contributed by atoms with E-state index in [1.165, 1.54) is 19.4 Å². The van der Waals surface area contributed by atoms with E-state index >= 15 is 0 Å². The number of hydrogen-bond acceptors (Lipinski definition) is 5. The number of pyridine rings is 1. The second-order valence-corrected chi connectivity index (χ2v) is 5.62. The summed E-state index contributed by atoms with van der Waals surface area (Å²) < 4.78 is 34.1. The number of aromatic nitrogens is 1. The van der Waals surface area contributed by atoms with Crippen LogP contribution in [0.1, 0.15) is 29.8 Å². The normalized spacial score (nSPS) is 10.6. The first-order valence-electron chi connectivity index (χ1n) is 8.59. The monoisotopic (exact) mass is 379 g/mol. The van der Waals surface area contributed by atoms with Gasteiger partial charge >= 0.3 is 6.61 Å². The summed E-state index contributed by atoms with van der Waals surface area (Å²) in [5, 5.41) is 2.77. The number of methoxy groups -OCH3 is 1. The topological polar surface area (TPSA) is 63.7 Å². The number of rotatable bonds is 9. The summed E-state index contributed by atoms with van der Waals surface area (Å²) in [6, 6.07) is 8.03. The predicted octanol–water partition coefficient (Wildman–Crippen LogP) is 3.47. The lowest BCUT2D eigenvalue weighted by atomic mass is 10.2. The molecular formula is C19H23F2N3O3. The van der Waals surface area contributed by atoms with Gasteiger partial charge in [-0.3, -0.25) is 4.79 Å². The highest BCUT2D eigenvalue weighted by atomic mass is 19.3. The highest BCUT2D eigenvalue weighted by Crippen LogP contribution is 2.29. The Labute approximate surface area is 157 Å². The zero-order valence-corrected chi connectivity index (χ0v) is 15.5. The van der Waals surface area contributed by atoms with Gasteiger partial charge in [0.25, 0.3) is 5.91 Å². The molecule has 0 atom stereocenters. The van der Waals surface area contributed by atoms with Crippen molar-refractivity contribution in [1.82, 2.24) is 10.3 Å². The van der Waals surface area contributed by atoms with Crippen molar-refractivity contribution < 1.29 is 23.0 Å². The molecule has 0 saturated heterocycles. The van der Waals surface area contributed by atoms with Gasteiger partial charge in [0.2, 0.25) is 0 Å². The number of ether oxygens (including phenoxy) is 2. The molecule has 2 rings (SSSR count). The maximum Gasteiger partial charge on any atom is 0.387 e. The van der Waals surface area contributed by atoms with Crippen LogP contribution in [0, 0.1) is 0 Å². The Bertz CT molecular complexity index is 750. The molecule has 2 aromatic rings. The number of amides is 1. The number of nitrogens with zero attached hydrogens (tertiary/aromatic N) is 2. The Hall–Kier alpha value is -2.90. The Morgan fingerprint density at radius 1 is 1.19 bits per heavy atom. The van der Waals surface area contributed by atoms with Crippen LogP contribution in [0.4, 0.5) is 14.6 Å². The van der Waals surface area contributed by atoms with Crippen molar-refractivity contribution in [2.45, 2.75) is 27.0 Å². The zero-order valence-electron chi connectivity index (χ0n) is 15.5. The minimum Gasteiger partial charge on any atom is -0.493 e. The molecule has 27 heavy (non-hydrogen) atoms. The van der Waals surface area contributed by atoms with Gasteiger partial charge in [0.15, 0.2) is 11.5 Å². The average Bonchev–Trinajstić information content (AvgIpc) is 2.68. The van der Waals surface area contributed by atoms with Crippen molar-refractivity contribution in [1.29, 1.82) is 0 Å². The minimum atomic E-state index is -2.93. The van der Waals surface area contributed by atoms with Crippen LogP contribution < -0.4 is 19.7 Å². The number of benzene rings is 1. The third-order valence-corrected chi connectivity index (χ3v) is 3.99. The molecule has 0 aliphatic carbocycles. The maximum absolute atomic E-state index is 12.4. The van der Waals surface area contributed by atoms with Crippen LogP contribution in [0.5, 0.6) is 11.5 Å². The lowest BCUT2D eigenvalue weighted by Gasteiger charge is -2.19. The average molecular weight is 379 g/mol. The Balaban J connectivity index is 2.00. The molecule has 0 spiro atoms. The number of nitrogens with one attached hydrogen (secondary N) is 1. The van der Waals surface area contributed by atoms with Crippen molar-refractivity contribution in [3.8, 4) is 11.5 Å².